The van der Waals surface area contributed by atoms with Crippen LogP contribution in [0.25, 0.3) is 10.8 Å². The molecule has 0 spiro atoms. The molecule has 0 aliphatic carbocycles. The molecule has 0 saturated heterocycles. The van der Waals surface area contributed by atoms with E-state index in [1.54, 1.807) is 0 Å². The van der Waals surface area contributed by atoms with Crippen molar-refractivity contribution in [1.29, 1.82) is 0 Å². The third-order valence-electron chi connectivity index (χ3n) is 6.28. The van der Waals surface area contributed by atoms with Crippen LogP contribution in [0.5, 0.6) is 0 Å². The highest BCUT2D eigenvalue weighted by molar-refractivity contribution is 6.05. The van der Waals surface area contributed by atoms with Crippen LogP contribution >= 0.6 is 0 Å². The van der Waals surface area contributed by atoms with Crippen molar-refractivity contribution >= 4 is 27.8 Å². The summed E-state index contributed by atoms with van der Waals surface area (Å²) in [6, 6.07) is 28.6. The van der Waals surface area contributed by atoms with E-state index < -0.39 is 5.60 Å². The second-order valence-electron chi connectivity index (χ2n) is 9.11. The molecule has 0 amide bonds. The lowest BCUT2D eigenvalue weighted by atomic mass is 9.77. The van der Waals surface area contributed by atoms with Crippen molar-refractivity contribution in [1.82, 2.24) is 0 Å². The molecule has 4 aromatic carbocycles. The Morgan fingerprint density at radius 1 is 0.545 bits per heavy atom. The summed E-state index contributed by atoms with van der Waals surface area (Å²) in [5.74, 6) is 0. The van der Waals surface area contributed by atoms with Gasteiger partial charge in [0.1, 0.15) is 5.60 Å². The lowest BCUT2D eigenvalue weighted by Gasteiger charge is -2.37. The van der Waals surface area contributed by atoms with Gasteiger partial charge < -0.3 is 19.8 Å². The van der Waals surface area contributed by atoms with Crippen molar-refractivity contribution in [2.24, 2.45) is 0 Å². The molecule has 0 saturated carbocycles. The van der Waals surface area contributed by atoms with Gasteiger partial charge in [0.2, 0.25) is 0 Å². The smallest absolute Gasteiger partial charge is 0.144 e. The number of nitrogens with zero attached hydrogens (tertiary/aromatic N) is 3. The van der Waals surface area contributed by atoms with Gasteiger partial charge in [0, 0.05) is 70.2 Å². The van der Waals surface area contributed by atoms with Crippen LogP contribution in [0.2, 0.25) is 0 Å². The molecular formula is C29H33N3O. The Labute approximate surface area is 197 Å². The van der Waals surface area contributed by atoms with Gasteiger partial charge in [-0.2, -0.15) is 0 Å². The van der Waals surface area contributed by atoms with Crippen LogP contribution in [0.1, 0.15) is 16.7 Å². The van der Waals surface area contributed by atoms with Crippen LogP contribution in [0, 0.1) is 0 Å². The quantitative estimate of drug-likeness (QED) is 0.412. The lowest BCUT2D eigenvalue weighted by Crippen LogP contribution is -2.33. The number of benzene rings is 4. The predicted octanol–water partition coefficient (Wildman–Crippen LogP) is 5.32. The number of hydrogen-bond donors (Lipinski definition) is 1. The standard InChI is InChI=1S/C29H33N3O/c1-30(2)25-17-11-10-16-23(25)29(33,22-14-8-7-9-15-22)24-20-19-21-13-12-18-26(31(3)4)27(21)28(24)32(5)6/h7-20,33H,1-6H3/t29-/m0/s1. The van der Waals surface area contributed by atoms with E-state index in [-0.39, 0.29) is 0 Å². The maximum Gasteiger partial charge on any atom is 0.144 e. The average molecular weight is 440 g/mol. The second-order valence-corrected chi connectivity index (χ2v) is 9.11. The Morgan fingerprint density at radius 3 is 1.79 bits per heavy atom. The van der Waals surface area contributed by atoms with Crippen molar-refractivity contribution in [3.8, 4) is 0 Å². The fourth-order valence-electron chi connectivity index (χ4n) is 4.78. The summed E-state index contributed by atoms with van der Waals surface area (Å²) in [6.07, 6.45) is 0. The molecule has 33 heavy (non-hydrogen) atoms. The minimum absolute atomic E-state index is 0.837. The number of rotatable bonds is 6. The molecule has 0 unspecified atom stereocenters. The molecule has 1 atom stereocenters. The third kappa shape index (κ3) is 3.81. The lowest BCUT2D eigenvalue weighted by molar-refractivity contribution is 0.127. The van der Waals surface area contributed by atoms with E-state index in [0.717, 1.165) is 44.5 Å². The van der Waals surface area contributed by atoms with Gasteiger partial charge in [-0.3, -0.25) is 0 Å². The second kappa shape index (κ2) is 8.80. The maximum atomic E-state index is 12.8. The van der Waals surface area contributed by atoms with E-state index in [1.807, 2.05) is 76.7 Å². The van der Waals surface area contributed by atoms with Gasteiger partial charge in [-0.1, -0.05) is 72.8 Å². The monoisotopic (exact) mass is 439 g/mol. The molecule has 0 aromatic heterocycles. The molecular weight excluding hydrogens is 406 g/mol. The SMILES string of the molecule is CN(C)c1ccccc1[C@@](O)(c1ccccc1)c1ccc2cccc(N(C)C)c2c1N(C)C. The van der Waals surface area contributed by atoms with Crippen LogP contribution in [0.4, 0.5) is 17.1 Å². The van der Waals surface area contributed by atoms with Crippen LogP contribution in [-0.2, 0) is 5.60 Å². The van der Waals surface area contributed by atoms with Crippen LogP contribution in [0.3, 0.4) is 0 Å². The van der Waals surface area contributed by atoms with E-state index in [1.165, 1.54) is 0 Å². The molecule has 4 aromatic rings. The molecule has 0 radical (unpaired) electrons. The van der Waals surface area contributed by atoms with E-state index in [9.17, 15) is 5.11 Å². The van der Waals surface area contributed by atoms with Gasteiger partial charge in [0.05, 0.1) is 5.69 Å². The van der Waals surface area contributed by atoms with Crippen molar-refractivity contribution in [2.75, 3.05) is 57.0 Å². The Kier molecular flexibility index (Phi) is 6.05. The molecule has 170 valence electrons. The van der Waals surface area contributed by atoms with Gasteiger partial charge >= 0.3 is 0 Å². The summed E-state index contributed by atoms with van der Waals surface area (Å²) in [5, 5.41) is 15.1. The van der Waals surface area contributed by atoms with E-state index >= 15 is 0 Å². The summed E-state index contributed by atoms with van der Waals surface area (Å²) in [7, 11) is 12.3. The summed E-state index contributed by atoms with van der Waals surface area (Å²) in [4.78, 5) is 6.32. The normalized spacial score (nSPS) is 12.9. The molecule has 0 aliphatic rings. The first kappa shape index (κ1) is 22.7. The van der Waals surface area contributed by atoms with Crippen LogP contribution in [0.15, 0.2) is 84.9 Å². The van der Waals surface area contributed by atoms with Gasteiger partial charge in [0.15, 0.2) is 0 Å². The number of aliphatic hydroxyl groups is 1. The number of hydrogen-bond acceptors (Lipinski definition) is 4. The molecule has 0 aliphatic heterocycles. The minimum atomic E-state index is -1.35. The molecule has 4 nitrogen and oxygen atoms in total. The Hall–Kier alpha value is -3.50. The maximum absolute atomic E-state index is 12.8. The number of fused-ring (bicyclic) bond motifs is 1. The van der Waals surface area contributed by atoms with Gasteiger partial charge in [-0.25, -0.2) is 0 Å². The average Bonchev–Trinajstić information content (AvgIpc) is 2.82. The fourth-order valence-corrected chi connectivity index (χ4v) is 4.78. The molecule has 1 N–H and O–H groups in total. The first-order valence-corrected chi connectivity index (χ1v) is 11.2. The zero-order valence-corrected chi connectivity index (χ0v) is 20.4. The van der Waals surface area contributed by atoms with Gasteiger partial charge in [-0.05, 0) is 23.1 Å². The number of para-hydroxylation sites is 1. The third-order valence-corrected chi connectivity index (χ3v) is 6.28. The molecule has 0 heterocycles. The molecule has 4 heteroatoms. The minimum Gasteiger partial charge on any atom is -0.377 e. The van der Waals surface area contributed by atoms with Gasteiger partial charge in [-0.15, -0.1) is 0 Å². The summed E-state index contributed by atoms with van der Waals surface area (Å²) < 4.78 is 0. The van der Waals surface area contributed by atoms with Crippen LogP contribution < -0.4 is 14.7 Å². The zero-order chi connectivity index (χ0) is 23.8. The first-order valence-electron chi connectivity index (χ1n) is 11.2. The fraction of sp³-hybridized carbons (Fsp3) is 0.241. The Balaban J connectivity index is 2.18. The van der Waals surface area contributed by atoms with E-state index in [2.05, 4.69) is 65.2 Å². The van der Waals surface area contributed by atoms with Crippen molar-refractivity contribution < 1.29 is 5.11 Å². The first-order chi connectivity index (χ1) is 15.8. The molecule has 0 fully saturated rings. The molecule has 4 rings (SSSR count). The van der Waals surface area contributed by atoms with Crippen molar-refractivity contribution in [3.63, 3.8) is 0 Å². The topological polar surface area (TPSA) is 30.0 Å². The summed E-state index contributed by atoms with van der Waals surface area (Å²) >= 11 is 0. The Morgan fingerprint density at radius 2 is 1.15 bits per heavy atom. The van der Waals surface area contributed by atoms with Crippen LogP contribution in [-0.4, -0.2) is 47.4 Å². The summed E-state index contributed by atoms with van der Waals surface area (Å²) in [5.41, 5.74) is 4.31. The zero-order valence-electron chi connectivity index (χ0n) is 20.4. The van der Waals surface area contributed by atoms with E-state index in [0.29, 0.717) is 0 Å². The highest BCUT2D eigenvalue weighted by atomic mass is 16.3. The Bertz CT molecular complexity index is 1260. The number of anilines is 3. The van der Waals surface area contributed by atoms with E-state index in [4.69, 9.17) is 0 Å². The van der Waals surface area contributed by atoms with Crippen molar-refractivity contribution in [2.45, 2.75) is 5.60 Å². The highest BCUT2D eigenvalue weighted by Gasteiger charge is 2.39. The summed E-state index contributed by atoms with van der Waals surface area (Å²) in [6.45, 7) is 0. The largest absolute Gasteiger partial charge is 0.377 e. The highest BCUT2D eigenvalue weighted by Crippen LogP contribution is 2.47. The molecule has 0 bridgehead atoms. The van der Waals surface area contributed by atoms with Gasteiger partial charge in [0.25, 0.3) is 0 Å². The van der Waals surface area contributed by atoms with Crippen molar-refractivity contribution in [3.05, 3.63) is 102 Å². The predicted molar refractivity (Wildman–Crippen MR) is 142 cm³/mol.